The number of carbonyl (C=O) groups is 1. The average Bonchev–Trinajstić information content (AvgIpc) is 3.40. The van der Waals surface area contributed by atoms with E-state index in [1.54, 1.807) is 20.8 Å². The predicted octanol–water partition coefficient (Wildman–Crippen LogP) is 3.86. The van der Waals surface area contributed by atoms with Crippen molar-refractivity contribution in [1.29, 1.82) is 0 Å². The molecule has 0 saturated heterocycles. The molecule has 7 heteroatoms. The highest BCUT2D eigenvalue weighted by atomic mass is 16.6. The van der Waals surface area contributed by atoms with Crippen LogP contribution in [0.1, 0.15) is 85.0 Å². The number of aromatic amines is 1. The number of rotatable bonds is 5. The number of H-pyrrole nitrogens is 1. The Morgan fingerprint density at radius 3 is 2.31 bits per heavy atom. The fourth-order valence-corrected chi connectivity index (χ4v) is 2.05. The Hall–Kier alpha value is -2.05. The van der Waals surface area contributed by atoms with E-state index in [0.29, 0.717) is 25.2 Å². The minimum atomic E-state index is -0.540. The second kappa shape index (κ2) is 11.5. The number of alkyl carbamates (subject to hydrolysis) is 1. The van der Waals surface area contributed by atoms with E-state index >= 15 is 0 Å². The average molecular weight is 370 g/mol. The van der Waals surface area contributed by atoms with Crippen molar-refractivity contribution in [2.24, 2.45) is 0 Å². The molecule has 1 heterocycles. The zero-order valence-electron chi connectivity index (χ0n) is 17.2. The number of hydrogen-bond acceptors (Lipinski definition) is 5. The maximum Gasteiger partial charge on any atom is 0.407 e. The van der Waals surface area contributed by atoms with Crippen molar-refractivity contribution in [2.75, 3.05) is 6.54 Å². The van der Waals surface area contributed by atoms with Crippen LogP contribution in [0.2, 0.25) is 0 Å². The van der Waals surface area contributed by atoms with Gasteiger partial charge >= 0.3 is 6.09 Å². The van der Waals surface area contributed by atoms with E-state index in [4.69, 9.17) is 4.74 Å². The first kappa shape index (κ1) is 23.9. The Morgan fingerprint density at radius 2 is 1.85 bits per heavy atom. The fourth-order valence-electron chi connectivity index (χ4n) is 2.05. The molecular weight excluding hydrogens is 334 g/mol. The van der Waals surface area contributed by atoms with Crippen molar-refractivity contribution in [2.45, 2.75) is 85.7 Å². The lowest BCUT2D eigenvalue weighted by Crippen LogP contribution is -2.33. The fraction of sp³-hybridized carbons (Fsp3) is 0.737. The van der Waals surface area contributed by atoms with Crippen LogP contribution in [0.5, 0.6) is 5.88 Å². The summed E-state index contributed by atoms with van der Waals surface area (Å²) >= 11 is 0. The van der Waals surface area contributed by atoms with Crippen LogP contribution in [0, 0.1) is 0 Å². The molecule has 1 saturated carbocycles. The van der Waals surface area contributed by atoms with Gasteiger partial charge in [0.25, 0.3) is 5.56 Å². The monoisotopic (exact) mass is 369 g/mol. The van der Waals surface area contributed by atoms with Gasteiger partial charge < -0.3 is 20.1 Å². The van der Waals surface area contributed by atoms with Gasteiger partial charge in [0.05, 0.1) is 5.56 Å². The molecule has 1 fully saturated rings. The third-order valence-corrected chi connectivity index (χ3v) is 3.25. The molecule has 2 rings (SSSR count). The first-order chi connectivity index (χ1) is 12.3. The summed E-state index contributed by atoms with van der Waals surface area (Å²) in [6.07, 6.45) is 2.37. The van der Waals surface area contributed by atoms with E-state index in [1.807, 2.05) is 27.7 Å². The first-order valence-corrected chi connectivity index (χ1v) is 9.55. The van der Waals surface area contributed by atoms with Crippen LogP contribution in [0.4, 0.5) is 4.79 Å². The molecule has 3 N–H and O–H groups in total. The third-order valence-electron chi connectivity index (χ3n) is 3.25. The summed E-state index contributed by atoms with van der Waals surface area (Å²) in [7, 11) is 0. The van der Waals surface area contributed by atoms with Crippen molar-refractivity contribution in [3.05, 3.63) is 21.7 Å². The number of aromatic hydroxyl groups is 1. The zero-order chi connectivity index (χ0) is 20.3. The van der Waals surface area contributed by atoms with Crippen molar-refractivity contribution >= 4 is 6.09 Å². The second-order valence-corrected chi connectivity index (χ2v) is 6.56. The molecule has 150 valence electrons. The number of nitrogens with zero attached hydrogens (tertiary/aromatic N) is 1. The predicted molar refractivity (Wildman–Crippen MR) is 104 cm³/mol. The second-order valence-electron chi connectivity index (χ2n) is 6.56. The summed E-state index contributed by atoms with van der Waals surface area (Å²) in [5.74, 6) is 0.641. The SMILES string of the molecule is CC.CC.CC(C)(C)OC(=O)NCCCc1c(O)nc(C2CC2)[nH]c1=O. The van der Waals surface area contributed by atoms with Gasteiger partial charge in [-0.15, -0.1) is 0 Å². The van der Waals surface area contributed by atoms with E-state index in [1.165, 1.54) is 0 Å². The molecule has 1 aromatic rings. The van der Waals surface area contributed by atoms with Crippen LogP contribution in [-0.4, -0.2) is 33.3 Å². The smallest absolute Gasteiger partial charge is 0.407 e. The van der Waals surface area contributed by atoms with Crippen LogP contribution in [0.3, 0.4) is 0 Å². The van der Waals surface area contributed by atoms with Gasteiger partial charge in [0.1, 0.15) is 11.4 Å². The molecule has 1 aromatic heterocycles. The highest BCUT2D eigenvalue weighted by molar-refractivity contribution is 5.67. The molecule has 1 amide bonds. The number of hydrogen-bond donors (Lipinski definition) is 3. The van der Waals surface area contributed by atoms with Crippen molar-refractivity contribution in [1.82, 2.24) is 15.3 Å². The largest absolute Gasteiger partial charge is 0.493 e. The van der Waals surface area contributed by atoms with Crippen molar-refractivity contribution in [3.63, 3.8) is 0 Å². The molecule has 0 aliphatic heterocycles. The van der Waals surface area contributed by atoms with Gasteiger partial charge in [-0.1, -0.05) is 27.7 Å². The standard InChI is InChI=1S/C15H23N3O4.2C2H6/c1-15(2,3)22-14(21)16-8-4-5-10-12(19)17-11(9-6-7-9)18-13(10)20;2*1-2/h9H,4-8H2,1-3H3,(H,16,21)(H2,17,18,19,20);2*1-2H3. The Morgan fingerprint density at radius 1 is 1.27 bits per heavy atom. The zero-order valence-corrected chi connectivity index (χ0v) is 17.2. The Bertz CT molecular complexity index is 602. The highest BCUT2D eigenvalue weighted by Gasteiger charge is 2.27. The van der Waals surface area contributed by atoms with Crippen molar-refractivity contribution in [3.8, 4) is 5.88 Å². The van der Waals surface area contributed by atoms with Crippen LogP contribution in [0.25, 0.3) is 0 Å². The molecule has 1 aliphatic rings. The quantitative estimate of drug-likeness (QED) is 0.684. The first-order valence-electron chi connectivity index (χ1n) is 9.55. The lowest BCUT2D eigenvalue weighted by atomic mass is 10.1. The molecule has 0 aromatic carbocycles. The Labute approximate surface area is 156 Å². The lowest BCUT2D eigenvalue weighted by Gasteiger charge is -2.19. The van der Waals surface area contributed by atoms with Crippen LogP contribution in [0.15, 0.2) is 4.79 Å². The summed E-state index contributed by atoms with van der Waals surface area (Å²) in [5.41, 5.74) is -0.579. The summed E-state index contributed by atoms with van der Waals surface area (Å²) < 4.78 is 5.11. The van der Waals surface area contributed by atoms with Gasteiger partial charge in [0, 0.05) is 12.5 Å². The minimum Gasteiger partial charge on any atom is -0.493 e. The van der Waals surface area contributed by atoms with Crippen LogP contribution >= 0.6 is 0 Å². The summed E-state index contributed by atoms with van der Waals surface area (Å²) in [4.78, 5) is 30.2. The Balaban J connectivity index is 0.00000146. The number of amides is 1. The maximum atomic E-state index is 11.9. The molecule has 1 aliphatic carbocycles. The van der Waals surface area contributed by atoms with E-state index in [2.05, 4.69) is 15.3 Å². The Kier molecular flexibility index (Phi) is 10.6. The molecule has 0 spiro atoms. The molecule has 7 nitrogen and oxygen atoms in total. The summed E-state index contributed by atoms with van der Waals surface area (Å²) in [6.45, 7) is 13.7. The van der Waals surface area contributed by atoms with Gasteiger partial charge in [-0.3, -0.25) is 4.79 Å². The van der Waals surface area contributed by atoms with Crippen LogP contribution in [-0.2, 0) is 11.2 Å². The van der Waals surface area contributed by atoms with E-state index in [0.717, 1.165) is 12.8 Å². The van der Waals surface area contributed by atoms with E-state index in [-0.39, 0.29) is 22.9 Å². The summed E-state index contributed by atoms with van der Waals surface area (Å²) in [6, 6.07) is 0. The maximum absolute atomic E-state index is 11.9. The number of ether oxygens (including phenoxy) is 1. The number of carbonyl (C=O) groups excluding carboxylic acids is 1. The number of aromatic nitrogens is 2. The molecule has 0 radical (unpaired) electrons. The van der Waals surface area contributed by atoms with Gasteiger partial charge in [0.2, 0.25) is 5.88 Å². The molecule has 0 atom stereocenters. The molecule has 0 unspecified atom stereocenters. The highest BCUT2D eigenvalue weighted by Crippen LogP contribution is 2.38. The minimum absolute atomic E-state index is 0.206. The molecule has 26 heavy (non-hydrogen) atoms. The van der Waals surface area contributed by atoms with Gasteiger partial charge in [-0.05, 0) is 46.5 Å². The summed E-state index contributed by atoms with van der Waals surface area (Å²) in [5, 5.41) is 12.5. The van der Waals surface area contributed by atoms with Crippen molar-refractivity contribution < 1.29 is 14.6 Å². The molecule has 0 bridgehead atoms. The van der Waals surface area contributed by atoms with E-state index < -0.39 is 11.7 Å². The molecular formula is C19H35N3O4. The van der Waals surface area contributed by atoms with E-state index in [9.17, 15) is 14.7 Å². The number of nitrogens with one attached hydrogen (secondary N) is 2. The van der Waals surface area contributed by atoms with Gasteiger partial charge in [0.15, 0.2) is 0 Å². The van der Waals surface area contributed by atoms with Crippen LogP contribution < -0.4 is 10.9 Å². The topological polar surface area (TPSA) is 104 Å². The third kappa shape index (κ3) is 8.87. The van der Waals surface area contributed by atoms with Gasteiger partial charge in [-0.2, -0.15) is 4.98 Å². The normalized spacial score (nSPS) is 12.9. The van der Waals surface area contributed by atoms with Gasteiger partial charge in [-0.25, -0.2) is 4.79 Å². The lowest BCUT2D eigenvalue weighted by molar-refractivity contribution is 0.0527.